The Labute approximate surface area is 98.2 Å². The molecule has 1 aliphatic rings. The minimum atomic E-state index is -0.156. The molecular formula is C12H14N2OS. The highest BCUT2D eigenvalue weighted by molar-refractivity contribution is 7.18. The molecule has 1 heterocycles. The fourth-order valence-electron chi connectivity index (χ4n) is 2.02. The lowest BCUT2D eigenvalue weighted by Gasteiger charge is -2.35. The normalized spacial score (nSPS) is 18.4. The Kier molecular flexibility index (Phi) is 2.16. The topological polar surface area (TPSA) is 48.1 Å². The first-order valence-electron chi connectivity index (χ1n) is 5.45. The van der Waals surface area contributed by atoms with E-state index < -0.39 is 0 Å². The van der Waals surface area contributed by atoms with Crippen LogP contribution < -0.4 is 10.5 Å². The largest absolute Gasteiger partial charge is 0.497 e. The van der Waals surface area contributed by atoms with E-state index in [9.17, 15) is 0 Å². The molecule has 3 rings (SSSR count). The lowest BCUT2D eigenvalue weighted by atomic mass is 9.78. The van der Waals surface area contributed by atoms with Crippen molar-refractivity contribution in [3.05, 3.63) is 23.2 Å². The van der Waals surface area contributed by atoms with Gasteiger partial charge in [0, 0.05) is 6.07 Å². The molecule has 0 spiro atoms. The van der Waals surface area contributed by atoms with Crippen LogP contribution in [0.2, 0.25) is 0 Å². The van der Waals surface area contributed by atoms with Crippen LogP contribution in [0.4, 0.5) is 0 Å². The zero-order valence-corrected chi connectivity index (χ0v) is 10.0. The Bertz CT molecular complexity index is 531. The molecule has 0 amide bonds. The van der Waals surface area contributed by atoms with Crippen LogP contribution >= 0.6 is 11.3 Å². The lowest BCUT2D eigenvalue weighted by molar-refractivity contribution is 0.253. The summed E-state index contributed by atoms with van der Waals surface area (Å²) in [4.78, 5) is 4.63. The molecule has 0 bridgehead atoms. The number of benzene rings is 1. The zero-order valence-electron chi connectivity index (χ0n) is 9.19. The van der Waals surface area contributed by atoms with Gasteiger partial charge in [-0.25, -0.2) is 4.98 Å². The third-order valence-electron chi connectivity index (χ3n) is 3.27. The third-order valence-corrected chi connectivity index (χ3v) is 4.52. The first kappa shape index (κ1) is 10.1. The van der Waals surface area contributed by atoms with Crippen LogP contribution in [-0.4, -0.2) is 12.1 Å². The number of thiazole rings is 1. The van der Waals surface area contributed by atoms with E-state index in [1.54, 1.807) is 18.4 Å². The van der Waals surface area contributed by atoms with Gasteiger partial charge in [-0.2, -0.15) is 0 Å². The zero-order chi connectivity index (χ0) is 11.2. The lowest BCUT2D eigenvalue weighted by Crippen LogP contribution is -2.43. The second kappa shape index (κ2) is 3.43. The third kappa shape index (κ3) is 1.41. The monoisotopic (exact) mass is 234 g/mol. The van der Waals surface area contributed by atoms with Crippen molar-refractivity contribution in [1.29, 1.82) is 0 Å². The number of fused-ring (bicyclic) bond motifs is 1. The van der Waals surface area contributed by atoms with E-state index in [1.807, 2.05) is 12.1 Å². The molecule has 2 aromatic rings. The molecule has 84 valence electrons. The molecule has 2 N–H and O–H groups in total. The molecule has 0 atom stereocenters. The molecule has 0 radical (unpaired) electrons. The van der Waals surface area contributed by atoms with Crippen LogP contribution in [0.1, 0.15) is 24.3 Å². The first-order valence-corrected chi connectivity index (χ1v) is 6.27. The summed E-state index contributed by atoms with van der Waals surface area (Å²) in [6.45, 7) is 0. The van der Waals surface area contributed by atoms with E-state index in [-0.39, 0.29) is 5.54 Å². The summed E-state index contributed by atoms with van der Waals surface area (Å²) in [5.74, 6) is 0.851. The number of hydrogen-bond acceptors (Lipinski definition) is 4. The molecule has 0 aliphatic heterocycles. The Hall–Kier alpha value is -1.13. The van der Waals surface area contributed by atoms with E-state index in [2.05, 4.69) is 11.1 Å². The van der Waals surface area contributed by atoms with E-state index >= 15 is 0 Å². The maximum atomic E-state index is 6.28. The summed E-state index contributed by atoms with van der Waals surface area (Å²) in [5, 5.41) is 1.07. The van der Waals surface area contributed by atoms with Gasteiger partial charge in [0.1, 0.15) is 10.8 Å². The smallest absolute Gasteiger partial charge is 0.121 e. The SMILES string of the molecule is COc1ccc2sc(C3(N)CCC3)nc2c1. The van der Waals surface area contributed by atoms with Crippen molar-refractivity contribution in [3.8, 4) is 5.75 Å². The number of aromatic nitrogens is 1. The summed E-state index contributed by atoms with van der Waals surface area (Å²) in [6.07, 6.45) is 3.34. The van der Waals surface area contributed by atoms with Gasteiger partial charge in [-0.1, -0.05) is 0 Å². The molecule has 0 saturated heterocycles. The first-order chi connectivity index (χ1) is 7.71. The summed E-state index contributed by atoms with van der Waals surface area (Å²) < 4.78 is 6.38. The molecule has 1 fully saturated rings. The number of methoxy groups -OCH3 is 1. The van der Waals surface area contributed by atoms with Gasteiger partial charge in [0.05, 0.1) is 22.9 Å². The molecule has 4 heteroatoms. The average Bonchev–Trinajstić information content (AvgIpc) is 2.68. The Balaban J connectivity index is 2.08. The van der Waals surface area contributed by atoms with Crippen LogP contribution in [0.3, 0.4) is 0 Å². The van der Waals surface area contributed by atoms with Crippen molar-refractivity contribution >= 4 is 21.6 Å². The van der Waals surface area contributed by atoms with Crippen molar-refractivity contribution in [1.82, 2.24) is 4.98 Å². The van der Waals surface area contributed by atoms with Crippen molar-refractivity contribution in [2.24, 2.45) is 5.73 Å². The van der Waals surface area contributed by atoms with Crippen LogP contribution in [0, 0.1) is 0 Å². The van der Waals surface area contributed by atoms with Gasteiger partial charge in [0.2, 0.25) is 0 Å². The summed E-state index contributed by atoms with van der Waals surface area (Å²) in [7, 11) is 1.67. The Morgan fingerprint density at radius 1 is 1.44 bits per heavy atom. The predicted octanol–water partition coefficient (Wildman–Crippen LogP) is 2.64. The molecule has 0 unspecified atom stereocenters. The average molecular weight is 234 g/mol. The molecule has 1 aromatic heterocycles. The van der Waals surface area contributed by atoms with E-state index in [4.69, 9.17) is 10.5 Å². The van der Waals surface area contributed by atoms with Gasteiger partial charge in [-0.3, -0.25) is 0 Å². The van der Waals surface area contributed by atoms with Crippen molar-refractivity contribution < 1.29 is 4.74 Å². The van der Waals surface area contributed by atoms with Gasteiger partial charge in [-0.05, 0) is 31.4 Å². The van der Waals surface area contributed by atoms with Gasteiger partial charge in [0.25, 0.3) is 0 Å². The number of nitrogens with zero attached hydrogens (tertiary/aromatic N) is 1. The van der Waals surface area contributed by atoms with E-state index in [1.165, 1.54) is 11.1 Å². The van der Waals surface area contributed by atoms with Crippen molar-refractivity contribution in [2.45, 2.75) is 24.8 Å². The minimum absolute atomic E-state index is 0.156. The van der Waals surface area contributed by atoms with Crippen LogP contribution in [0.25, 0.3) is 10.2 Å². The van der Waals surface area contributed by atoms with Gasteiger partial charge in [-0.15, -0.1) is 11.3 Å². The molecule has 1 aromatic carbocycles. The number of hydrogen-bond donors (Lipinski definition) is 1. The van der Waals surface area contributed by atoms with Gasteiger partial charge in [0.15, 0.2) is 0 Å². The molecule has 3 nitrogen and oxygen atoms in total. The van der Waals surface area contributed by atoms with Gasteiger partial charge >= 0.3 is 0 Å². The minimum Gasteiger partial charge on any atom is -0.497 e. The van der Waals surface area contributed by atoms with E-state index in [0.717, 1.165) is 29.1 Å². The van der Waals surface area contributed by atoms with Crippen LogP contribution in [0.15, 0.2) is 18.2 Å². The molecule has 16 heavy (non-hydrogen) atoms. The highest BCUT2D eigenvalue weighted by Gasteiger charge is 2.37. The maximum Gasteiger partial charge on any atom is 0.121 e. The predicted molar refractivity (Wildman–Crippen MR) is 65.9 cm³/mol. The van der Waals surface area contributed by atoms with Crippen molar-refractivity contribution in [2.75, 3.05) is 7.11 Å². The maximum absolute atomic E-state index is 6.28. The molecule has 1 aliphatic carbocycles. The molecule has 1 saturated carbocycles. The van der Waals surface area contributed by atoms with Crippen LogP contribution in [-0.2, 0) is 5.54 Å². The second-order valence-electron chi connectivity index (χ2n) is 4.36. The van der Waals surface area contributed by atoms with E-state index in [0.29, 0.717) is 0 Å². The van der Waals surface area contributed by atoms with Crippen molar-refractivity contribution in [3.63, 3.8) is 0 Å². The standard InChI is InChI=1S/C12H14N2OS/c1-15-8-3-4-10-9(7-8)14-11(16-10)12(13)5-2-6-12/h3-4,7H,2,5-6,13H2,1H3. The fraction of sp³-hybridized carbons (Fsp3) is 0.417. The summed E-state index contributed by atoms with van der Waals surface area (Å²) in [5.41, 5.74) is 7.12. The highest BCUT2D eigenvalue weighted by Crippen LogP contribution is 2.42. The fourth-order valence-corrected chi connectivity index (χ4v) is 3.12. The van der Waals surface area contributed by atoms with Crippen LogP contribution in [0.5, 0.6) is 5.75 Å². The number of nitrogens with two attached hydrogens (primary N) is 1. The number of rotatable bonds is 2. The quantitative estimate of drug-likeness (QED) is 0.869. The Morgan fingerprint density at radius 3 is 2.88 bits per heavy atom. The highest BCUT2D eigenvalue weighted by atomic mass is 32.1. The van der Waals surface area contributed by atoms with Gasteiger partial charge < -0.3 is 10.5 Å². The number of ether oxygens (including phenoxy) is 1. The molecular weight excluding hydrogens is 220 g/mol. The second-order valence-corrected chi connectivity index (χ2v) is 5.39. The summed E-state index contributed by atoms with van der Waals surface area (Å²) >= 11 is 1.71. The summed E-state index contributed by atoms with van der Waals surface area (Å²) in [6, 6.07) is 5.99. The Morgan fingerprint density at radius 2 is 2.25 bits per heavy atom.